The van der Waals surface area contributed by atoms with E-state index in [0.717, 1.165) is 17.7 Å². The summed E-state index contributed by atoms with van der Waals surface area (Å²) in [7, 11) is 0. The second-order valence-electron chi connectivity index (χ2n) is 7.04. The van der Waals surface area contributed by atoms with E-state index in [1.807, 2.05) is 27.8 Å². The summed E-state index contributed by atoms with van der Waals surface area (Å²) in [5.74, 6) is 0.136. The highest BCUT2D eigenvalue weighted by Gasteiger charge is 2.41. The van der Waals surface area contributed by atoms with Crippen molar-refractivity contribution in [3.05, 3.63) is 53.6 Å². The van der Waals surface area contributed by atoms with Crippen LogP contribution in [-0.4, -0.2) is 20.4 Å². The summed E-state index contributed by atoms with van der Waals surface area (Å²) in [5, 5.41) is 8.90. The van der Waals surface area contributed by atoms with Crippen molar-refractivity contribution in [3.63, 3.8) is 0 Å². The fourth-order valence-corrected chi connectivity index (χ4v) is 3.20. The van der Waals surface area contributed by atoms with Crippen molar-refractivity contribution < 1.29 is 4.79 Å². The van der Waals surface area contributed by atoms with Crippen molar-refractivity contribution in [2.45, 2.75) is 46.3 Å². The van der Waals surface area contributed by atoms with E-state index in [0.29, 0.717) is 18.7 Å². The summed E-state index contributed by atoms with van der Waals surface area (Å²) in [6.45, 7) is 7.49. The van der Waals surface area contributed by atoms with E-state index in [1.165, 1.54) is 0 Å². The van der Waals surface area contributed by atoms with E-state index in [-0.39, 0.29) is 17.4 Å². The molecular weight excluding hydrogens is 300 g/mol. The largest absolute Gasteiger partial charge is 0.331 e. The summed E-state index contributed by atoms with van der Waals surface area (Å²) >= 11 is 0. The summed E-state index contributed by atoms with van der Waals surface area (Å²) in [6, 6.07) is 9.30. The molecule has 0 saturated heterocycles. The number of hydrogen-bond acceptors (Lipinski definition) is 3. The Hall–Kier alpha value is -2.61. The Labute approximate surface area is 142 Å². The van der Waals surface area contributed by atoms with E-state index in [2.05, 4.69) is 31.8 Å². The molecule has 0 aliphatic carbocycles. The molecule has 1 unspecified atom stereocenters. The van der Waals surface area contributed by atoms with Gasteiger partial charge >= 0.3 is 0 Å². The standard InChI is InChI=1S/C19H22N4O/c1-4-19(2,3)17-18(24)22(12-16-10-21-13-23(16)17)11-15-7-5-14(9-20)6-8-15/h5-8,10,13,17H,4,11-12H2,1-3H3. The van der Waals surface area contributed by atoms with Crippen molar-refractivity contribution in [1.29, 1.82) is 5.26 Å². The number of aromatic nitrogens is 2. The molecule has 1 aromatic heterocycles. The zero-order valence-electron chi connectivity index (χ0n) is 14.4. The second-order valence-corrected chi connectivity index (χ2v) is 7.04. The van der Waals surface area contributed by atoms with Crippen molar-refractivity contribution in [2.24, 2.45) is 5.41 Å². The Bertz CT molecular complexity index is 782. The van der Waals surface area contributed by atoms with Crippen LogP contribution in [0, 0.1) is 16.7 Å². The van der Waals surface area contributed by atoms with E-state index >= 15 is 0 Å². The number of nitriles is 1. The lowest BCUT2D eigenvalue weighted by molar-refractivity contribution is -0.142. The van der Waals surface area contributed by atoms with Gasteiger partial charge in [0.15, 0.2) is 0 Å². The SMILES string of the molecule is CCC(C)(C)C1C(=O)N(Cc2ccc(C#N)cc2)Cc2cncn21. The fourth-order valence-electron chi connectivity index (χ4n) is 3.20. The summed E-state index contributed by atoms with van der Waals surface area (Å²) in [4.78, 5) is 19.3. The molecule has 1 aliphatic rings. The van der Waals surface area contributed by atoms with Crippen LogP contribution in [0.4, 0.5) is 0 Å². The Morgan fingerprint density at radius 2 is 2.04 bits per heavy atom. The molecule has 3 rings (SSSR count). The molecule has 0 radical (unpaired) electrons. The number of imidazole rings is 1. The monoisotopic (exact) mass is 322 g/mol. The highest BCUT2D eigenvalue weighted by Crippen LogP contribution is 2.39. The zero-order valence-corrected chi connectivity index (χ0v) is 14.4. The van der Waals surface area contributed by atoms with Gasteiger partial charge in [0.05, 0.1) is 30.2 Å². The molecule has 1 amide bonds. The van der Waals surface area contributed by atoms with E-state index in [1.54, 1.807) is 18.5 Å². The van der Waals surface area contributed by atoms with Crippen LogP contribution in [0.2, 0.25) is 0 Å². The number of carbonyl (C=O) groups is 1. The van der Waals surface area contributed by atoms with Crippen LogP contribution in [-0.2, 0) is 17.9 Å². The molecule has 5 heteroatoms. The first-order valence-electron chi connectivity index (χ1n) is 8.25. The van der Waals surface area contributed by atoms with Crippen LogP contribution in [0.15, 0.2) is 36.8 Å². The molecule has 0 N–H and O–H groups in total. The molecule has 5 nitrogen and oxygen atoms in total. The molecular formula is C19H22N4O. The van der Waals surface area contributed by atoms with Gasteiger partial charge < -0.3 is 9.47 Å². The van der Waals surface area contributed by atoms with E-state index in [9.17, 15) is 4.79 Å². The Morgan fingerprint density at radius 1 is 1.33 bits per heavy atom. The maximum absolute atomic E-state index is 13.1. The number of fused-ring (bicyclic) bond motifs is 1. The first-order chi connectivity index (χ1) is 11.5. The molecule has 0 bridgehead atoms. The van der Waals surface area contributed by atoms with Crippen LogP contribution >= 0.6 is 0 Å². The van der Waals surface area contributed by atoms with Gasteiger partial charge in [-0.15, -0.1) is 0 Å². The number of nitrogens with zero attached hydrogens (tertiary/aromatic N) is 4. The molecule has 2 aromatic rings. The summed E-state index contributed by atoms with van der Waals surface area (Å²) in [6.07, 6.45) is 4.52. The smallest absolute Gasteiger partial charge is 0.246 e. The normalized spacial score (nSPS) is 17.5. The van der Waals surface area contributed by atoms with Gasteiger partial charge in [-0.1, -0.05) is 32.9 Å². The topological polar surface area (TPSA) is 61.9 Å². The predicted octanol–water partition coefficient (Wildman–Crippen LogP) is 3.27. The molecule has 1 atom stereocenters. The summed E-state index contributed by atoms with van der Waals surface area (Å²) < 4.78 is 2.03. The minimum absolute atomic E-state index is 0.136. The van der Waals surface area contributed by atoms with Crippen LogP contribution in [0.25, 0.3) is 0 Å². The third-order valence-corrected chi connectivity index (χ3v) is 5.03. The van der Waals surface area contributed by atoms with Crippen LogP contribution in [0.5, 0.6) is 0 Å². The van der Waals surface area contributed by atoms with Gasteiger partial charge in [0.2, 0.25) is 5.91 Å². The number of rotatable bonds is 4. The average Bonchev–Trinajstić information content (AvgIpc) is 3.03. The minimum Gasteiger partial charge on any atom is -0.331 e. The fraction of sp³-hybridized carbons (Fsp3) is 0.421. The Balaban J connectivity index is 1.90. The zero-order chi connectivity index (χ0) is 17.3. The van der Waals surface area contributed by atoms with Crippen molar-refractivity contribution in [3.8, 4) is 6.07 Å². The van der Waals surface area contributed by atoms with E-state index < -0.39 is 0 Å². The van der Waals surface area contributed by atoms with E-state index in [4.69, 9.17) is 5.26 Å². The molecule has 1 aliphatic heterocycles. The number of carbonyl (C=O) groups excluding carboxylic acids is 1. The Morgan fingerprint density at radius 3 is 2.67 bits per heavy atom. The first-order valence-corrected chi connectivity index (χ1v) is 8.25. The molecule has 24 heavy (non-hydrogen) atoms. The van der Waals surface area contributed by atoms with Crippen molar-refractivity contribution >= 4 is 5.91 Å². The van der Waals surface area contributed by atoms with Gasteiger partial charge in [-0.3, -0.25) is 4.79 Å². The molecule has 0 fully saturated rings. The third-order valence-electron chi connectivity index (χ3n) is 5.03. The quantitative estimate of drug-likeness (QED) is 0.868. The van der Waals surface area contributed by atoms with Gasteiger partial charge in [0.25, 0.3) is 0 Å². The van der Waals surface area contributed by atoms with Crippen LogP contribution < -0.4 is 0 Å². The lowest BCUT2D eigenvalue weighted by atomic mass is 9.80. The number of benzene rings is 1. The molecule has 0 saturated carbocycles. The molecule has 2 heterocycles. The van der Waals surface area contributed by atoms with Gasteiger partial charge in [-0.05, 0) is 29.5 Å². The highest BCUT2D eigenvalue weighted by molar-refractivity contribution is 5.82. The lowest BCUT2D eigenvalue weighted by Gasteiger charge is -2.41. The van der Waals surface area contributed by atoms with Crippen molar-refractivity contribution in [2.75, 3.05) is 0 Å². The maximum Gasteiger partial charge on any atom is 0.246 e. The maximum atomic E-state index is 13.1. The van der Waals surface area contributed by atoms with Crippen LogP contribution in [0.1, 0.15) is 50.1 Å². The summed E-state index contributed by atoms with van der Waals surface area (Å²) in [5.41, 5.74) is 2.58. The third kappa shape index (κ3) is 2.80. The van der Waals surface area contributed by atoms with Gasteiger partial charge in [0, 0.05) is 12.7 Å². The average molecular weight is 322 g/mol. The molecule has 124 valence electrons. The molecule has 1 aromatic carbocycles. The first kappa shape index (κ1) is 16.3. The van der Waals surface area contributed by atoms with Gasteiger partial charge in [-0.25, -0.2) is 4.98 Å². The number of amides is 1. The van der Waals surface area contributed by atoms with Crippen LogP contribution in [0.3, 0.4) is 0 Å². The Kier molecular flexibility index (Phi) is 4.15. The highest BCUT2D eigenvalue weighted by atomic mass is 16.2. The van der Waals surface area contributed by atoms with Gasteiger partial charge in [-0.2, -0.15) is 5.26 Å². The number of hydrogen-bond donors (Lipinski definition) is 0. The predicted molar refractivity (Wildman–Crippen MR) is 90.7 cm³/mol. The minimum atomic E-state index is -0.230. The second kappa shape index (κ2) is 6.12. The van der Waals surface area contributed by atoms with Crippen molar-refractivity contribution in [1.82, 2.24) is 14.5 Å². The lowest BCUT2D eigenvalue weighted by Crippen LogP contribution is -2.47. The van der Waals surface area contributed by atoms with Gasteiger partial charge in [0.1, 0.15) is 6.04 Å². The molecule has 0 spiro atoms.